The topological polar surface area (TPSA) is 101 Å². The molecule has 0 bridgehead atoms. The molecule has 0 aliphatic carbocycles. The quantitative estimate of drug-likeness (QED) is 0.558. The molecule has 1 aromatic carbocycles. The summed E-state index contributed by atoms with van der Waals surface area (Å²) in [5.41, 5.74) is 0.461. The molecule has 3 aromatic rings. The minimum atomic E-state index is -3.57. The molecule has 2 aromatic heterocycles. The number of anilines is 2. The van der Waals surface area contributed by atoms with Gasteiger partial charge in [0.2, 0.25) is 5.91 Å². The van der Waals surface area contributed by atoms with Crippen LogP contribution < -0.4 is 10.0 Å². The lowest BCUT2D eigenvalue weighted by Gasteiger charge is -2.11. The van der Waals surface area contributed by atoms with E-state index in [9.17, 15) is 13.2 Å². The first-order valence-corrected chi connectivity index (χ1v) is 11.1. The van der Waals surface area contributed by atoms with E-state index in [0.717, 1.165) is 16.2 Å². The van der Waals surface area contributed by atoms with Crippen LogP contribution in [0, 0.1) is 6.92 Å². The van der Waals surface area contributed by atoms with Crippen molar-refractivity contribution in [3.05, 3.63) is 53.6 Å². The van der Waals surface area contributed by atoms with Crippen LogP contribution in [0.2, 0.25) is 0 Å². The summed E-state index contributed by atoms with van der Waals surface area (Å²) < 4.78 is 32.1. The van der Waals surface area contributed by atoms with E-state index >= 15 is 0 Å². The highest BCUT2D eigenvalue weighted by molar-refractivity contribution is 8.00. The molecule has 1 atom stereocenters. The van der Waals surface area contributed by atoms with Crippen molar-refractivity contribution in [1.82, 2.24) is 5.16 Å². The molecule has 0 aliphatic rings. The number of nitrogens with one attached hydrogen (secondary N) is 2. The van der Waals surface area contributed by atoms with Crippen molar-refractivity contribution in [3.63, 3.8) is 0 Å². The molecule has 1 amide bonds. The molecule has 0 spiro atoms. The van der Waals surface area contributed by atoms with E-state index < -0.39 is 10.0 Å². The third kappa shape index (κ3) is 5.12. The Hall–Kier alpha value is -2.30. The third-order valence-corrected chi connectivity index (χ3v) is 7.32. The predicted octanol–water partition coefficient (Wildman–Crippen LogP) is 3.96. The number of carbonyl (C=O) groups is 1. The zero-order valence-electron chi connectivity index (χ0n) is 14.5. The maximum absolute atomic E-state index is 12.2. The monoisotopic (exact) mass is 423 g/mol. The fourth-order valence-corrected chi connectivity index (χ4v) is 5.05. The van der Waals surface area contributed by atoms with Crippen LogP contribution in [-0.4, -0.2) is 24.7 Å². The minimum absolute atomic E-state index is 0.198. The smallest absolute Gasteiger partial charge is 0.271 e. The van der Waals surface area contributed by atoms with Crippen molar-refractivity contribution in [2.45, 2.75) is 28.2 Å². The highest BCUT2D eigenvalue weighted by Crippen LogP contribution is 2.27. The Morgan fingerprint density at radius 2 is 2.00 bits per heavy atom. The van der Waals surface area contributed by atoms with Crippen LogP contribution in [-0.2, 0) is 14.8 Å². The van der Waals surface area contributed by atoms with E-state index in [1.165, 1.54) is 11.8 Å². The first-order valence-electron chi connectivity index (χ1n) is 7.91. The van der Waals surface area contributed by atoms with E-state index in [4.69, 9.17) is 4.52 Å². The molecule has 7 nitrogen and oxygen atoms in total. The maximum Gasteiger partial charge on any atom is 0.271 e. The van der Waals surface area contributed by atoms with Crippen LogP contribution in [0.15, 0.2) is 61.5 Å². The number of thioether (sulfide) groups is 1. The van der Waals surface area contributed by atoms with E-state index in [1.54, 1.807) is 61.7 Å². The van der Waals surface area contributed by atoms with Crippen molar-refractivity contribution >= 4 is 50.5 Å². The van der Waals surface area contributed by atoms with Gasteiger partial charge in [-0.2, -0.15) is 0 Å². The Morgan fingerprint density at radius 3 is 2.59 bits per heavy atom. The number of carbonyl (C=O) groups excluding carboxylic acids is 1. The average molecular weight is 424 g/mol. The van der Waals surface area contributed by atoms with Gasteiger partial charge in [-0.15, -0.1) is 23.1 Å². The van der Waals surface area contributed by atoms with Gasteiger partial charge in [-0.25, -0.2) is 8.42 Å². The van der Waals surface area contributed by atoms with E-state index in [2.05, 4.69) is 15.2 Å². The summed E-state index contributed by atoms with van der Waals surface area (Å²) >= 11 is 2.51. The summed E-state index contributed by atoms with van der Waals surface area (Å²) in [5, 5.41) is 7.76. The van der Waals surface area contributed by atoms with Gasteiger partial charge in [0, 0.05) is 16.6 Å². The largest absolute Gasteiger partial charge is 0.360 e. The summed E-state index contributed by atoms with van der Waals surface area (Å²) in [6.45, 7) is 3.52. The van der Waals surface area contributed by atoms with Gasteiger partial charge in [0.25, 0.3) is 10.0 Å². The summed E-state index contributed by atoms with van der Waals surface area (Å²) in [6.07, 6.45) is 0. The summed E-state index contributed by atoms with van der Waals surface area (Å²) in [6, 6.07) is 11.7. The lowest BCUT2D eigenvalue weighted by Crippen LogP contribution is -2.22. The molecule has 1 unspecified atom stereocenters. The summed E-state index contributed by atoms with van der Waals surface area (Å²) in [5.74, 6) is 0.797. The molecule has 0 aliphatic heterocycles. The zero-order valence-corrected chi connectivity index (χ0v) is 17.0. The number of rotatable bonds is 7. The van der Waals surface area contributed by atoms with Crippen molar-refractivity contribution in [2.75, 3.05) is 10.0 Å². The lowest BCUT2D eigenvalue weighted by atomic mass is 10.3. The average Bonchev–Trinajstić information content (AvgIpc) is 3.28. The van der Waals surface area contributed by atoms with Crippen LogP contribution in [0.4, 0.5) is 11.5 Å². The molecule has 2 N–H and O–H groups in total. The number of aryl methyl sites for hydroxylation is 1. The molecule has 0 saturated carbocycles. The van der Waals surface area contributed by atoms with Crippen LogP contribution in [0.5, 0.6) is 0 Å². The second kappa shape index (κ2) is 8.15. The first-order chi connectivity index (χ1) is 12.8. The van der Waals surface area contributed by atoms with Gasteiger partial charge in [-0.05, 0) is 49.6 Å². The molecule has 142 valence electrons. The van der Waals surface area contributed by atoms with E-state index in [-0.39, 0.29) is 15.4 Å². The number of aromatic nitrogens is 1. The second-order valence-corrected chi connectivity index (χ2v) is 9.91. The Morgan fingerprint density at radius 1 is 1.26 bits per heavy atom. The molecular weight excluding hydrogens is 406 g/mol. The number of nitrogens with zero attached hydrogens (tertiary/aromatic N) is 1. The molecule has 0 fully saturated rings. The highest BCUT2D eigenvalue weighted by atomic mass is 32.2. The maximum atomic E-state index is 12.2. The zero-order chi connectivity index (χ0) is 19.4. The van der Waals surface area contributed by atoms with Gasteiger partial charge in [-0.1, -0.05) is 11.2 Å². The number of amides is 1. The van der Waals surface area contributed by atoms with Crippen molar-refractivity contribution < 1.29 is 17.7 Å². The summed E-state index contributed by atoms with van der Waals surface area (Å²) in [7, 11) is -3.57. The van der Waals surface area contributed by atoms with Gasteiger partial charge < -0.3 is 9.84 Å². The second-order valence-electron chi connectivity index (χ2n) is 5.63. The van der Waals surface area contributed by atoms with Crippen LogP contribution in [0.3, 0.4) is 0 Å². The Kier molecular flexibility index (Phi) is 5.88. The Bertz CT molecular complexity index is 1010. The molecule has 27 heavy (non-hydrogen) atoms. The van der Waals surface area contributed by atoms with Gasteiger partial charge >= 0.3 is 0 Å². The van der Waals surface area contributed by atoms with Gasteiger partial charge in [-0.3, -0.25) is 9.52 Å². The summed E-state index contributed by atoms with van der Waals surface area (Å²) in [4.78, 5) is 13.0. The van der Waals surface area contributed by atoms with Crippen LogP contribution in [0.25, 0.3) is 0 Å². The standard InChI is InChI=1S/C17H17N3O4S3/c1-11-10-15(19-24-11)18-17(21)12(2)26-14-7-5-13(6-8-14)20-27(22,23)16-4-3-9-25-16/h3-10,12,20H,1-2H3,(H,18,19,21). The van der Waals surface area contributed by atoms with Crippen molar-refractivity contribution in [1.29, 1.82) is 0 Å². The SMILES string of the molecule is Cc1cc(NC(=O)C(C)Sc2ccc(NS(=O)(=O)c3cccs3)cc2)no1. The Labute approximate surface area is 165 Å². The highest BCUT2D eigenvalue weighted by Gasteiger charge is 2.17. The molecule has 10 heteroatoms. The van der Waals surface area contributed by atoms with Gasteiger partial charge in [0.15, 0.2) is 5.82 Å². The number of sulfonamides is 1. The van der Waals surface area contributed by atoms with Crippen LogP contribution in [0.1, 0.15) is 12.7 Å². The molecule has 2 heterocycles. The molecule has 0 saturated heterocycles. The number of thiophene rings is 1. The normalized spacial score (nSPS) is 12.5. The van der Waals surface area contributed by atoms with Crippen LogP contribution >= 0.6 is 23.1 Å². The van der Waals surface area contributed by atoms with Crippen molar-refractivity contribution in [2.24, 2.45) is 0 Å². The first kappa shape index (κ1) is 19.5. The number of hydrogen-bond acceptors (Lipinski definition) is 7. The van der Waals surface area contributed by atoms with Crippen molar-refractivity contribution in [3.8, 4) is 0 Å². The Balaban J connectivity index is 1.59. The number of benzene rings is 1. The fourth-order valence-electron chi connectivity index (χ4n) is 2.13. The van der Waals surface area contributed by atoms with E-state index in [1.807, 2.05) is 0 Å². The molecule has 3 rings (SSSR count). The lowest BCUT2D eigenvalue weighted by molar-refractivity contribution is -0.115. The minimum Gasteiger partial charge on any atom is -0.360 e. The molecule has 0 radical (unpaired) electrons. The van der Waals surface area contributed by atoms with Gasteiger partial charge in [0.1, 0.15) is 9.97 Å². The molecular formula is C17H17N3O4S3. The van der Waals surface area contributed by atoms with E-state index in [0.29, 0.717) is 17.3 Å². The fraction of sp³-hybridized carbons (Fsp3) is 0.176. The predicted molar refractivity (Wildman–Crippen MR) is 107 cm³/mol. The number of hydrogen-bond donors (Lipinski definition) is 2. The third-order valence-electron chi connectivity index (χ3n) is 3.43. The van der Waals surface area contributed by atoms with Gasteiger partial charge in [0.05, 0.1) is 5.25 Å².